The summed E-state index contributed by atoms with van der Waals surface area (Å²) in [6, 6.07) is 3.03. The number of H-pyrrole nitrogens is 1. The van der Waals surface area contributed by atoms with Gasteiger partial charge in [-0.1, -0.05) is 5.10 Å². The van der Waals surface area contributed by atoms with Gasteiger partial charge in [0.05, 0.1) is 28.8 Å². The van der Waals surface area contributed by atoms with Crippen molar-refractivity contribution in [2.75, 3.05) is 11.4 Å². The predicted molar refractivity (Wildman–Crippen MR) is 100 cm³/mol. The number of alkyl halides is 4. The first-order valence-corrected chi connectivity index (χ1v) is 9.50. The molecular weight excluding hydrogens is 418 g/mol. The molecule has 4 aromatic rings. The fraction of sp³-hybridized carbons (Fsp3) is 0.368. The molecule has 0 fully saturated rings. The molecule has 0 spiro atoms. The smallest absolute Gasteiger partial charge is 0.404 e. The summed E-state index contributed by atoms with van der Waals surface area (Å²) in [5, 5.41) is 12.1. The van der Waals surface area contributed by atoms with Crippen LogP contribution in [0.4, 0.5) is 23.6 Å². The zero-order chi connectivity index (χ0) is 22.0. The first-order valence-electron chi connectivity index (χ1n) is 9.50. The van der Waals surface area contributed by atoms with Gasteiger partial charge in [-0.15, -0.1) is 5.10 Å². The number of hydrogen-bond donors (Lipinski definition) is 1. The minimum atomic E-state index is -4.53. The Morgan fingerprint density at radius 2 is 2.00 bits per heavy atom. The maximum absolute atomic E-state index is 14.3. The largest absolute Gasteiger partial charge is 0.418 e. The van der Waals surface area contributed by atoms with Crippen molar-refractivity contribution in [3.05, 3.63) is 59.3 Å². The molecule has 4 aromatic heterocycles. The van der Waals surface area contributed by atoms with E-state index in [1.165, 1.54) is 43.0 Å². The SMILES string of the molecule is CC(C)(F)c1nnc(N2CCc3[nH]cnc3C2c2cc3c(C(F)(F)F)cccn3n2)o1. The van der Waals surface area contributed by atoms with Crippen molar-refractivity contribution in [1.29, 1.82) is 0 Å². The van der Waals surface area contributed by atoms with E-state index in [2.05, 4.69) is 25.3 Å². The van der Waals surface area contributed by atoms with Crippen molar-refractivity contribution in [2.45, 2.75) is 38.2 Å². The van der Waals surface area contributed by atoms with Gasteiger partial charge in [-0.2, -0.15) is 18.3 Å². The highest BCUT2D eigenvalue weighted by Crippen LogP contribution is 2.39. The molecule has 12 heteroatoms. The molecule has 5 heterocycles. The van der Waals surface area contributed by atoms with Crippen LogP contribution in [0, 0.1) is 0 Å². The third kappa shape index (κ3) is 3.22. The zero-order valence-corrected chi connectivity index (χ0v) is 16.5. The Morgan fingerprint density at radius 3 is 2.71 bits per heavy atom. The molecule has 0 radical (unpaired) electrons. The maximum atomic E-state index is 14.3. The van der Waals surface area contributed by atoms with Gasteiger partial charge < -0.3 is 14.3 Å². The van der Waals surface area contributed by atoms with E-state index < -0.39 is 23.5 Å². The molecule has 1 atom stereocenters. The van der Waals surface area contributed by atoms with E-state index in [1.54, 1.807) is 4.90 Å². The lowest BCUT2D eigenvalue weighted by Gasteiger charge is -2.32. The molecule has 1 unspecified atom stereocenters. The van der Waals surface area contributed by atoms with Crippen LogP contribution in [-0.2, 0) is 18.3 Å². The van der Waals surface area contributed by atoms with Gasteiger partial charge in [0.25, 0.3) is 5.89 Å². The van der Waals surface area contributed by atoms with Gasteiger partial charge in [0.15, 0.2) is 5.67 Å². The number of pyridine rings is 1. The van der Waals surface area contributed by atoms with E-state index in [0.717, 1.165) is 11.8 Å². The molecule has 8 nitrogen and oxygen atoms in total. The van der Waals surface area contributed by atoms with E-state index in [4.69, 9.17) is 4.42 Å². The minimum absolute atomic E-state index is 0.0486. The van der Waals surface area contributed by atoms with Crippen LogP contribution >= 0.6 is 0 Å². The van der Waals surface area contributed by atoms with Gasteiger partial charge in [-0.25, -0.2) is 13.9 Å². The lowest BCUT2D eigenvalue weighted by molar-refractivity contribution is -0.136. The van der Waals surface area contributed by atoms with Crippen LogP contribution in [0.1, 0.15) is 48.4 Å². The number of rotatable bonds is 3. The Morgan fingerprint density at radius 1 is 1.19 bits per heavy atom. The van der Waals surface area contributed by atoms with Crippen LogP contribution in [0.3, 0.4) is 0 Å². The summed E-state index contributed by atoms with van der Waals surface area (Å²) in [6.07, 6.45) is -1.01. The topological polar surface area (TPSA) is 88.1 Å². The predicted octanol–water partition coefficient (Wildman–Crippen LogP) is 3.82. The molecule has 0 amide bonds. The van der Waals surface area contributed by atoms with Gasteiger partial charge in [0.1, 0.15) is 6.04 Å². The molecule has 162 valence electrons. The highest BCUT2D eigenvalue weighted by atomic mass is 19.4. The summed E-state index contributed by atoms with van der Waals surface area (Å²) in [5.41, 5.74) is -0.966. The number of imidazole rings is 1. The number of anilines is 1. The molecule has 1 aliphatic heterocycles. The summed E-state index contributed by atoms with van der Waals surface area (Å²) in [6.45, 7) is 2.99. The van der Waals surface area contributed by atoms with Crippen molar-refractivity contribution in [3.8, 4) is 0 Å². The third-order valence-corrected chi connectivity index (χ3v) is 5.20. The Balaban J connectivity index is 1.65. The van der Waals surface area contributed by atoms with Gasteiger partial charge in [0, 0.05) is 24.9 Å². The van der Waals surface area contributed by atoms with Gasteiger partial charge in [0.2, 0.25) is 0 Å². The quantitative estimate of drug-likeness (QED) is 0.493. The Bertz CT molecular complexity index is 1250. The third-order valence-electron chi connectivity index (χ3n) is 5.20. The first-order chi connectivity index (χ1) is 14.6. The van der Waals surface area contributed by atoms with Crippen molar-refractivity contribution in [1.82, 2.24) is 29.8 Å². The standard InChI is InChI=1S/C19H17F4N7O/c1-18(2,20)16-26-27-17(31-16)29-7-5-11-14(25-9-24-11)15(29)12-8-13-10(19(21,22)23)4-3-6-30(13)28-12/h3-4,6,8-9,15H,5,7H2,1-2H3,(H,24,25). The fourth-order valence-corrected chi connectivity index (χ4v) is 3.76. The average Bonchev–Trinajstić information content (AvgIpc) is 3.42. The molecule has 5 rings (SSSR count). The summed E-state index contributed by atoms with van der Waals surface area (Å²) >= 11 is 0. The zero-order valence-electron chi connectivity index (χ0n) is 16.5. The Labute approximate surface area is 172 Å². The second-order valence-corrected chi connectivity index (χ2v) is 7.79. The molecule has 0 bridgehead atoms. The molecule has 1 N–H and O–H groups in total. The summed E-state index contributed by atoms with van der Waals surface area (Å²) in [7, 11) is 0. The molecule has 0 saturated carbocycles. The van der Waals surface area contributed by atoms with E-state index in [9.17, 15) is 17.6 Å². The molecular formula is C19H17F4N7O. The highest BCUT2D eigenvalue weighted by molar-refractivity contribution is 5.58. The van der Waals surface area contributed by atoms with Gasteiger partial charge >= 0.3 is 12.2 Å². The van der Waals surface area contributed by atoms with Crippen molar-refractivity contribution < 1.29 is 22.0 Å². The van der Waals surface area contributed by atoms with Crippen LogP contribution in [0.15, 0.2) is 35.1 Å². The second-order valence-electron chi connectivity index (χ2n) is 7.79. The number of hydrogen-bond acceptors (Lipinski definition) is 6. The molecule has 31 heavy (non-hydrogen) atoms. The Hall–Kier alpha value is -3.44. The summed E-state index contributed by atoms with van der Waals surface area (Å²) in [5.74, 6) is -0.191. The monoisotopic (exact) mass is 435 g/mol. The Kier molecular flexibility index (Phi) is 4.11. The number of nitrogens with one attached hydrogen (secondary N) is 1. The van der Waals surface area contributed by atoms with Gasteiger partial charge in [-0.3, -0.25) is 0 Å². The van der Waals surface area contributed by atoms with Crippen LogP contribution in [0.5, 0.6) is 0 Å². The van der Waals surface area contributed by atoms with E-state index in [-0.39, 0.29) is 17.4 Å². The number of nitrogens with zero attached hydrogens (tertiary/aromatic N) is 6. The highest BCUT2D eigenvalue weighted by Gasteiger charge is 2.39. The van der Waals surface area contributed by atoms with Gasteiger partial charge in [-0.05, 0) is 32.0 Å². The second kappa shape index (κ2) is 6.53. The van der Waals surface area contributed by atoms with Crippen LogP contribution < -0.4 is 4.90 Å². The molecule has 0 saturated heterocycles. The molecule has 0 aliphatic carbocycles. The fourth-order valence-electron chi connectivity index (χ4n) is 3.76. The first kappa shape index (κ1) is 19.5. The molecule has 1 aliphatic rings. The maximum Gasteiger partial charge on any atom is 0.418 e. The normalized spacial score (nSPS) is 17.4. The van der Waals surface area contributed by atoms with E-state index >= 15 is 0 Å². The minimum Gasteiger partial charge on any atom is -0.404 e. The number of halogens is 4. The lowest BCUT2D eigenvalue weighted by Crippen LogP contribution is -2.37. The summed E-state index contributed by atoms with van der Waals surface area (Å²) in [4.78, 5) is 9.08. The van der Waals surface area contributed by atoms with E-state index in [0.29, 0.717) is 24.4 Å². The number of fused-ring (bicyclic) bond motifs is 2. The van der Waals surface area contributed by atoms with Crippen LogP contribution in [0.2, 0.25) is 0 Å². The van der Waals surface area contributed by atoms with Crippen molar-refractivity contribution in [3.63, 3.8) is 0 Å². The number of aromatic amines is 1. The lowest BCUT2D eigenvalue weighted by atomic mass is 10.00. The van der Waals surface area contributed by atoms with Crippen LogP contribution in [0.25, 0.3) is 5.52 Å². The van der Waals surface area contributed by atoms with E-state index in [1.807, 2.05) is 0 Å². The average molecular weight is 435 g/mol. The molecule has 0 aromatic carbocycles. The summed E-state index contributed by atoms with van der Waals surface area (Å²) < 4.78 is 61.4. The van der Waals surface area contributed by atoms with Crippen molar-refractivity contribution in [2.24, 2.45) is 0 Å². The number of aromatic nitrogens is 6. The van der Waals surface area contributed by atoms with Crippen LogP contribution in [-0.4, -0.2) is 36.3 Å². The van der Waals surface area contributed by atoms with Crippen molar-refractivity contribution >= 4 is 11.5 Å².